The third-order valence-corrected chi connectivity index (χ3v) is 9.82. The molecule has 0 N–H and O–H groups in total. The van der Waals surface area contributed by atoms with E-state index in [0.29, 0.717) is 106 Å². The van der Waals surface area contributed by atoms with Gasteiger partial charge in [0.1, 0.15) is 19.3 Å². The first kappa shape index (κ1) is 31.8. The molecule has 0 spiro atoms. The highest BCUT2D eigenvalue weighted by Gasteiger charge is 2.22. The molecule has 0 aromatic rings. The van der Waals surface area contributed by atoms with Crippen LogP contribution in [0.1, 0.15) is 6.42 Å². The molecule has 0 amide bonds. The van der Waals surface area contributed by atoms with E-state index < -0.39 is 0 Å². The van der Waals surface area contributed by atoms with Crippen molar-refractivity contribution >= 4 is 47.0 Å². The number of hydrogen-bond acceptors (Lipinski definition) is 12. The predicted octanol–water partition coefficient (Wildman–Crippen LogP) is 4.26. The minimum absolute atomic E-state index is 0.350. The summed E-state index contributed by atoms with van der Waals surface area (Å²) in [7, 11) is 0. The highest BCUT2D eigenvalue weighted by molar-refractivity contribution is 8.33. The maximum atomic E-state index is 5.76. The molecule has 4 bridgehead atoms. The highest BCUT2D eigenvalue weighted by atomic mass is 32.2. The molecule has 38 heavy (non-hydrogen) atoms. The summed E-state index contributed by atoms with van der Waals surface area (Å²) in [6, 6.07) is 0. The minimum atomic E-state index is 0.350. The number of ether oxygens (including phenoxy) is 8. The van der Waals surface area contributed by atoms with Gasteiger partial charge in [0.05, 0.1) is 101 Å². The van der Waals surface area contributed by atoms with Gasteiger partial charge in [-0.05, 0) is 16.7 Å². The number of rotatable bonds is 0. The lowest BCUT2D eigenvalue weighted by Gasteiger charge is -2.08. The Balaban J connectivity index is 1.31. The second-order valence-corrected chi connectivity index (χ2v) is 12.0. The molecule has 0 saturated carbocycles. The lowest BCUT2D eigenvalue weighted by Crippen LogP contribution is -2.12. The van der Waals surface area contributed by atoms with Crippen molar-refractivity contribution in [3.05, 3.63) is 29.1 Å². The molecule has 0 unspecified atom stereocenters. The van der Waals surface area contributed by atoms with Crippen molar-refractivity contribution in [3.63, 3.8) is 0 Å². The minimum Gasteiger partial charge on any atom is -0.444 e. The van der Waals surface area contributed by atoms with Gasteiger partial charge in [0.25, 0.3) is 0 Å². The quantitative estimate of drug-likeness (QED) is 0.372. The third kappa shape index (κ3) is 15.2. The molecule has 3 aliphatic heterocycles. The van der Waals surface area contributed by atoms with Crippen LogP contribution >= 0.6 is 47.0 Å². The normalized spacial score (nSPS) is 24.8. The smallest absolute Gasteiger partial charge is 0.123 e. The Morgan fingerprint density at radius 1 is 0.500 bits per heavy atom. The Hall–Kier alpha value is -0.740. The maximum Gasteiger partial charge on any atom is 0.123 e. The second-order valence-electron chi connectivity index (χ2n) is 7.45. The summed E-state index contributed by atoms with van der Waals surface area (Å²) in [6.45, 7) is 7.65. The van der Waals surface area contributed by atoms with Crippen LogP contribution in [0.2, 0.25) is 0 Å². The standard InChI is InChI=1S/C26H34O8S4/c1-2-4-6-28-8-10-30-12-14-32-16-18-34-20-24-22-36-26(38-24)25-35-21-23(37-25)19-33-17-15-31-13-11-29-9-7-27-5-3-1/h21-22H,1,6-20H2/b26-25+. The Labute approximate surface area is 242 Å². The molecule has 0 atom stereocenters. The van der Waals surface area contributed by atoms with Crippen LogP contribution in [0, 0.1) is 23.9 Å². The zero-order chi connectivity index (χ0) is 26.4. The van der Waals surface area contributed by atoms with Gasteiger partial charge in [-0.25, -0.2) is 0 Å². The first-order chi connectivity index (χ1) is 18.9. The highest BCUT2D eigenvalue weighted by Crippen LogP contribution is 2.55. The van der Waals surface area contributed by atoms with Crippen molar-refractivity contribution in [2.75, 3.05) is 99.1 Å². The van der Waals surface area contributed by atoms with Gasteiger partial charge in [0.15, 0.2) is 0 Å². The summed E-state index contributed by atoms with van der Waals surface area (Å²) in [5.74, 6) is 8.67. The van der Waals surface area contributed by atoms with Crippen LogP contribution in [-0.2, 0) is 37.9 Å². The molecule has 12 heteroatoms. The number of hydrogen-bond donors (Lipinski definition) is 0. The molecule has 0 aliphatic carbocycles. The molecule has 0 saturated heterocycles. The van der Waals surface area contributed by atoms with Crippen molar-refractivity contribution in [3.8, 4) is 23.9 Å². The molecular formula is C26H34O8S4. The average molecular weight is 603 g/mol. The Kier molecular flexibility index (Phi) is 18.4. The fourth-order valence-electron chi connectivity index (χ4n) is 2.74. The Morgan fingerprint density at radius 3 is 1.53 bits per heavy atom. The van der Waals surface area contributed by atoms with Gasteiger partial charge in [-0.3, -0.25) is 0 Å². The molecular weight excluding hydrogens is 569 g/mol. The fourth-order valence-corrected chi connectivity index (χ4v) is 7.54. The van der Waals surface area contributed by atoms with Gasteiger partial charge >= 0.3 is 0 Å². The maximum absolute atomic E-state index is 5.76. The van der Waals surface area contributed by atoms with Crippen LogP contribution < -0.4 is 0 Å². The monoisotopic (exact) mass is 602 g/mol. The Morgan fingerprint density at radius 2 is 0.974 bits per heavy atom. The van der Waals surface area contributed by atoms with E-state index in [1.807, 2.05) is 0 Å². The van der Waals surface area contributed by atoms with Crippen LogP contribution in [0.15, 0.2) is 29.1 Å². The van der Waals surface area contributed by atoms with E-state index in [4.69, 9.17) is 37.9 Å². The molecule has 0 fully saturated rings. The molecule has 0 aromatic carbocycles. The van der Waals surface area contributed by atoms with Crippen molar-refractivity contribution in [1.82, 2.24) is 0 Å². The van der Waals surface area contributed by atoms with Gasteiger partial charge in [-0.1, -0.05) is 58.9 Å². The van der Waals surface area contributed by atoms with Crippen LogP contribution in [0.25, 0.3) is 0 Å². The zero-order valence-corrected chi connectivity index (χ0v) is 24.6. The zero-order valence-electron chi connectivity index (χ0n) is 21.4. The summed E-state index contributed by atoms with van der Waals surface area (Å²) in [4.78, 5) is 2.43. The lowest BCUT2D eigenvalue weighted by atomic mass is 10.4. The van der Waals surface area contributed by atoms with Gasteiger partial charge < -0.3 is 37.9 Å². The molecule has 3 aliphatic rings. The number of thioether (sulfide) groups is 4. The molecule has 8 nitrogen and oxygen atoms in total. The van der Waals surface area contributed by atoms with Gasteiger partial charge in [0.2, 0.25) is 0 Å². The topological polar surface area (TPSA) is 73.8 Å². The number of fused-ring (bicyclic) bond motifs is 4. The summed E-state index contributed by atoms with van der Waals surface area (Å²) < 4.78 is 46.8. The third-order valence-electron chi connectivity index (χ3n) is 4.51. The summed E-state index contributed by atoms with van der Waals surface area (Å²) in [5, 5.41) is 4.33. The van der Waals surface area contributed by atoms with Crippen LogP contribution in [0.5, 0.6) is 0 Å². The molecule has 210 valence electrons. The second kappa shape index (κ2) is 22.0. The first-order valence-electron chi connectivity index (χ1n) is 12.3. The molecule has 0 radical (unpaired) electrons. The summed E-state index contributed by atoms with van der Waals surface area (Å²) in [6.07, 6.45) is 3.05. The summed E-state index contributed by atoms with van der Waals surface area (Å²) in [5.41, 5.74) is 0. The van der Waals surface area contributed by atoms with E-state index in [-0.39, 0.29) is 0 Å². The molecule has 3 heterocycles. The van der Waals surface area contributed by atoms with Crippen molar-refractivity contribution < 1.29 is 37.9 Å². The van der Waals surface area contributed by atoms with Crippen molar-refractivity contribution in [2.45, 2.75) is 6.42 Å². The lowest BCUT2D eigenvalue weighted by molar-refractivity contribution is 0.00423. The van der Waals surface area contributed by atoms with Gasteiger partial charge in [-0.15, -0.1) is 0 Å². The largest absolute Gasteiger partial charge is 0.444 e. The van der Waals surface area contributed by atoms with Gasteiger partial charge in [-0.2, -0.15) is 0 Å². The van der Waals surface area contributed by atoms with Crippen LogP contribution in [0.4, 0.5) is 0 Å². The Bertz CT molecular complexity index is 900. The van der Waals surface area contributed by atoms with Crippen molar-refractivity contribution in [1.29, 1.82) is 0 Å². The fraction of sp³-hybridized carbons (Fsp3) is 0.615. The van der Waals surface area contributed by atoms with Crippen LogP contribution in [-0.4, -0.2) is 99.1 Å². The first-order valence-corrected chi connectivity index (χ1v) is 15.7. The SMILES string of the molecule is C1#CCOCCOCCOCCOCC2=CS/C(=C3/SC=C(COCCOCCOCCOC#CC1)S3)S2. The van der Waals surface area contributed by atoms with E-state index in [0.717, 1.165) is 0 Å². The van der Waals surface area contributed by atoms with Crippen molar-refractivity contribution in [2.24, 2.45) is 0 Å². The van der Waals surface area contributed by atoms with E-state index >= 15 is 0 Å². The molecule has 0 aromatic heterocycles. The van der Waals surface area contributed by atoms with E-state index in [1.54, 1.807) is 47.0 Å². The summed E-state index contributed by atoms with van der Waals surface area (Å²) >= 11 is 7.07. The van der Waals surface area contributed by atoms with E-state index in [1.165, 1.54) is 18.3 Å². The van der Waals surface area contributed by atoms with Crippen LogP contribution in [0.3, 0.4) is 0 Å². The molecule has 3 rings (SSSR count). The van der Waals surface area contributed by atoms with E-state index in [9.17, 15) is 0 Å². The average Bonchev–Trinajstić information content (AvgIpc) is 3.59. The van der Waals surface area contributed by atoms with E-state index in [2.05, 4.69) is 34.7 Å². The predicted molar refractivity (Wildman–Crippen MR) is 155 cm³/mol. The van der Waals surface area contributed by atoms with Gasteiger partial charge in [0, 0.05) is 9.81 Å².